The van der Waals surface area contributed by atoms with Gasteiger partial charge < -0.3 is 42.3 Å². The molecule has 14 nitrogen and oxygen atoms in total. The first-order valence-electron chi connectivity index (χ1n) is 19.1. The van der Waals surface area contributed by atoms with Gasteiger partial charge >= 0.3 is 12.1 Å². The number of rotatable bonds is 16. The number of nitrogens with zero attached hydrogens (tertiary/aromatic N) is 3. The Bertz CT molecular complexity index is 1890. The van der Waals surface area contributed by atoms with Crippen LogP contribution in [0.25, 0.3) is 0 Å². The van der Waals surface area contributed by atoms with E-state index in [0.29, 0.717) is 45.4 Å². The van der Waals surface area contributed by atoms with E-state index in [4.69, 9.17) is 42.3 Å². The minimum atomic E-state index is -2.50. The van der Waals surface area contributed by atoms with Gasteiger partial charge in [0, 0.05) is 30.7 Å². The normalized spacial score (nSPS) is 20.5. The highest BCUT2D eigenvalue weighted by atomic mass is 28.4. The van der Waals surface area contributed by atoms with Gasteiger partial charge in [0.25, 0.3) is 0 Å². The van der Waals surface area contributed by atoms with Crippen molar-refractivity contribution in [3.05, 3.63) is 65.3 Å². The molecule has 1 amide bonds. The van der Waals surface area contributed by atoms with Crippen molar-refractivity contribution < 1.29 is 51.9 Å². The molecule has 0 radical (unpaired) electrons. The molecule has 2 aromatic rings. The molecule has 5 rings (SSSR count). The lowest BCUT2D eigenvalue weighted by molar-refractivity contribution is -0.146. The van der Waals surface area contributed by atoms with Gasteiger partial charge in [0.15, 0.2) is 38.1 Å². The Morgan fingerprint density at radius 1 is 1.05 bits per heavy atom. The number of hydrogen-bond donors (Lipinski definition) is 0. The van der Waals surface area contributed by atoms with Crippen molar-refractivity contribution in [2.45, 2.75) is 96.3 Å². The smallest absolute Gasteiger partial charge is 0.411 e. The van der Waals surface area contributed by atoms with Gasteiger partial charge in [-0.15, -0.1) is 0 Å². The molecule has 310 valence electrons. The molecule has 0 aromatic heterocycles. The summed E-state index contributed by atoms with van der Waals surface area (Å²) < 4.78 is 54.6. The molecular formula is C42H57N3O11Si. The molecule has 3 aliphatic rings. The summed E-state index contributed by atoms with van der Waals surface area (Å²) in [6, 6.07) is 2.27. The summed E-state index contributed by atoms with van der Waals surface area (Å²) >= 11 is 0. The van der Waals surface area contributed by atoms with E-state index in [2.05, 4.69) is 53.1 Å². The zero-order chi connectivity index (χ0) is 41.8. The Kier molecular flexibility index (Phi) is 13.5. The lowest BCUT2D eigenvalue weighted by Gasteiger charge is -2.58. The molecule has 0 aliphatic carbocycles. The van der Waals surface area contributed by atoms with Gasteiger partial charge in [0.1, 0.15) is 31.6 Å². The number of piperazine rings is 1. The summed E-state index contributed by atoms with van der Waals surface area (Å²) in [6.07, 6.45) is 2.79. The van der Waals surface area contributed by atoms with E-state index in [1.807, 2.05) is 30.9 Å². The Morgan fingerprint density at radius 2 is 1.75 bits per heavy atom. The number of aryl methyl sites for hydroxylation is 1. The molecule has 0 N–H and O–H groups in total. The number of ether oxygens (including phenoxy) is 8. The van der Waals surface area contributed by atoms with E-state index in [-0.39, 0.29) is 51.5 Å². The van der Waals surface area contributed by atoms with E-state index < -0.39 is 50.6 Å². The molecule has 1 saturated heterocycles. The summed E-state index contributed by atoms with van der Waals surface area (Å²) in [5.74, 6) is 1.79. The van der Waals surface area contributed by atoms with Gasteiger partial charge in [0.05, 0.1) is 44.0 Å². The molecule has 1 fully saturated rings. The van der Waals surface area contributed by atoms with Crippen molar-refractivity contribution in [1.82, 2.24) is 9.80 Å². The first kappa shape index (κ1) is 43.4. The van der Waals surface area contributed by atoms with E-state index in [1.165, 1.54) is 20.1 Å². The van der Waals surface area contributed by atoms with Crippen LogP contribution in [0.1, 0.15) is 67.6 Å². The van der Waals surface area contributed by atoms with E-state index in [0.717, 1.165) is 11.1 Å². The van der Waals surface area contributed by atoms with E-state index >= 15 is 0 Å². The van der Waals surface area contributed by atoms with Crippen LogP contribution in [-0.4, -0.2) is 103 Å². The summed E-state index contributed by atoms with van der Waals surface area (Å²) in [7, 11) is 0.596. The molecule has 0 spiro atoms. The maximum atomic E-state index is 14.5. The van der Waals surface area contributed by atoms with Crippen LogP contribution in [0.2, 0.25) is 18.1 Å². The van der Waals surface area contributed by atoms with Crippen molar-refractivity contribution in [3.8, 4) is 34.8 Å². The van der Waals surface area contributed by atoms with Crippen LogP contribution < -0.4 is 23.7 Å². The number of carbonyl (C=O) groups is 2. The topological polar surface area (TPSA) is 147 Å². The molecular weight excluding hydrogens is 751 g/mol. The average molecular weight is 808 g/mol. The van der Waals surface area contributed by atoms with Crippen LogP contribution in [0, 0.1) is 25.2 Å². The summed E-state index contributed by atoms with van der Waals surface area (Å²) in [6.45, 7) is 23.4. The van der Waals surface area contributed by atoms with Crippen molar-refractivity contribution >= 4 is 20.4 Å². The lowest BCUT2D eigenvalue weighted by atomic mass is 9.76. The number of esters is 1. The van der Waals surface area contributed by atoms with Crippen LogP contribution in [-0.2, 0) is 29.9 Å². The first-order valence-corrected chi connectivity index (χ1v) is 22.0. The third kappa shape index (κ3) is 8.45. The van der Waals surface area contributed by atoms with Crippen LogP contribution in [0.3, 0.4) is 0 Å². The zero-order valence-corrected chi connectivity index (χ0v) is 35.9. The predicted molar refractivity (Wildman–Crippen MR) is 214 cm³/mol. The van der Waals surface area contributed by atoms with Crippen LogP contribution >= 0.6 is 0 Å². The Hall–Kier alpha value is -4.75. The third-order valence-corrected chi connectivity index (χ3v) is 15.9. The molecule has 15 heteroatoms. The second-order valence-corrected chi connectivity index (χ2v) is 20.7. The number of carbonyl (C=O) groups excluding carboxylic acids is 2. The van der Waals surface area contributed by atoms with Crippen LogP contribution in [0.4, 0.5) is 4.79 Å². The molecule has 3 aliphatic heterocycles. The summed E-state index contributed by atoms with van der Waals surface area (Å²) in [5.41, 5.74) is 3.67. The van der Waals surface area contributed by atoms with Gasteiger partial charge in [-0.1, -0.05) is 52.1 Å². The number of methoxy groups -OCH3 is 2. The quantitative estimate of drug-likeness (QED) is 0.0737. The van der Waals surface area contributed by atoms with E-state index in [1.54, 1.807) is 18.1 Å². The van der Waals surface area contributed by atoms with Gasteiger partial charge in [-0.2, -0.15) is 5.26 Å². The average Bonchev–Trinajstić information content (AvgIpc) is 3.66. The van der Waals surface area contributed by atoms with Crippen LogP contribution in [0.15, 0.2) is 37.4 Å². The SMILES string of the molecule is C=CCOC(=O)N1C2c3c(cc(C)c(OC)c3OCC=C)C[C@@H]1[C@H](C#N)N([C@@H](COC(C)=O)c1cc(OCOC)c(C)c3c1OCO3)[C@H]2CO[Si](C)(C)C(C)(C)C. The largest absolute Gasteiger partial charge is 0.493 e. The summed E-state index contributed by atoms with van der Waals surface area (Å²) in [4.78, 5) is 30.8. The number of nitriles is 1. The Balaban J connectivity index is 1.87. The predicted octanol–water partition coefficient (Wildman–Crippen LogP) is 7.08. The molecule has 57 heavy (non-hydrogen) atoms. The molecule has 3 heterocycles. The fraction of sp³-hybridized carbons (Fsp3) is 0.548. The third-order valence-electron chi connectivity index (χ3n) is 11.4. The molecule has 2 bridgehead atoms. The highest BCUT2D eigenvalue weighted by molar-refractivity contribution is 6.74. The molecule has 1 unspecified atom stereocenters. The molecule has 0 saturated carbocycles. The van der Waals surface area contributed by atoms with Crippen molar-refractivity contribution in [2.24, 2.45) is 0 Å². The highest BCUT2D eigenvalue weighted by Crippen LogP contribution is 2.55. The number of fused-ring (bicyclic) bond motifs is 5. The fourth-order valence-electron chi connectivity index (χ4n) is 7.73. The Labute approximate surface area is 337 Å². The van der Waals surface area contributed by atoms with Crippen molar-refractivity contribution in [3.63, 3.8) is 0 Å². The highest BCUT2D eigenvalue weighted by Gasteiger charge is 2.58. The Morgan fingerprint density at radius 3 is 2.37 bits per heavy atom. The maximum Gasteiger partial charge on any atom is 0.411 e. The van der Waals surface area contributed by atoms with Crippen molar-refractivity contribution in [1.29, 1.82) is 5.26 Å². The number of amides is 1. The van der Waals surface area contributed by atoms with Gasteiger partial charge in [-0.05, 0) is 55.6 Å². The maximum absolute atomic E-state index is 14.5. The van der Waals surface area contributed by atoms with Crippen LogP contribution in [0.5, 0.6) is 28.7 Å². The summed E-state index contributed by atoms with van der Waals surface area (Å²) in [5, 5.41) is 11.2. The standard InChI is InChI=1S/C42H57N3O11Si/c1-13-15-50-40-35-28(17-25(3)37(40)49-10)18-30-31(20-43)44(33(22-56-57(11,12)42(6,7)8)36(35)45(30)41(47)51-16-14-2)32(21-52-27(5)46)29-19-34(53-23-48-9)26(4)38-39(29)55-24-54-38/h13-14,17,19,30-33,36H,1-2,15-16,18,21-24H2,3-12H3/t30-,31+,32+,33+,36?/m1/s1. The van der Waals surface area contributed by atoms with E-state index in [9.17, 15) is 14.9 Å². The first-order chi connectivity index (χ1) is 27.1. The monoisotopic (exact) mass is 807 g/mol. The van der Waals surface area contributed by atoms with Crippen molar-refractivity contribution in [2.75, 3.05) is 54.2 Å². The minimum Gasteiger partial charge on any atom is -0.493 e. The second-order valence-electron chi connectivity index (χ2n) is 15.9. The zero-order valence-electron chi connectivity index (χ0n) is 34.9. The van der Waals surface area contributed by atoms with Gasteiger partial charge in [-0.25, -0.2) is 4.79 Å². The van der Waals surface area contributed by atoms with Gasteiger partial charge in [0.2, 0.25) is 6.79 Å². The minimum absolute atomic E-state index is 0.0422. The second kappa shape index (κ2) is 17.8. The lowest BCUT2D eigenvalue weighted by Crippen LogP contribution is -2.70. The molecule has 5 atom stereocenters. The number of hydrogen-bond acceptors (Lipinski definition) is 13. The van der Waals surface area contributed by atoms with Gasteiger partial charge in [-0.3, -0.25) is 14.6 Å². The number of benzene rings is 2. The molecule has 2 aromatic carbocycles. The fourth-order valence-corrected chi connectivity index (χ4v) is 8.75.